The van der Waals surface area contributed by atoms with E-state index in [1.54, 1.807) is 6.92 Å². The highest BCUT2D eigenvalue weighted by Crippen LogP contribution is 1.78. The zero-order valence-electron chi connectivity index (χ0n) is 5.15. The summed E-state index contributed by atoms with van der Waals surface area (Å²) in [5.41, 5.74) is 0. The molecule has 0 aliphatic heterocycles. The molecule has 0 bridgehead atoms. The molecule has 0 radical (unpaired) electrons. The Balaban J connectivity index is 3.34. The van der Waals surface area contributed by atoms with Gasteiger partial charge in [0.25, 0.3) is 0 Å². The Kier molecular flexibility index (Phi) is 2.41. The first-order valence-corrected chi connectivity index (χ1v) is 2.44. The molecule has 0 amide bonds. The van der Waals surface area contributed by atoms with Crippen LogP contribution < -0.4 is 0 Å². The Labute approximate surface area is 44.6 Å². The monoisotopic (exact) mass is 100 g/mol. The number of hydrogen-bond acceptors (Lipinski definition) is 1. The van der Waals surface area contributed by atoms with Gasteiger partial charge in [0.1, 0.15) is 0 Å². The highest BCUT2D eigenvalue weighted by molar-refractivity contribution is 5.75. The maximum atomic E-state index is 7.03. The molecule has 0 fully saturated rings. The lowest BCUT2D eigenvalue weighted by Crippen LogP contribution is -2.22. The molecule has 0 aromatic carbocycles. The summed E-state index contributed by atoms with van der Waals surface area (Å²) in [6, 6.07) is 0. The molecule has 0 aromatic heterocycles. The summed E-state index contributed by atoms with van der Waals surface area (Å²) < 4.78 is 0. The van der Waals surface area contributed by atoms with E-state index in [-0.39, 0.29) is 0 Å². The molecule has 2 nitrogen and oxygen atoms in total. The van der Waals surface area contributed by atoms with Gasteiger partial charge in [0, 0.05) is 13.6 Å². The summed E-state index contributed by atoms with van der Waals surface area (Å²) >= 11 is 0. The number of hydrogen-bond donors (Lipinski definition) is 1. The zero-order chi connectivity index (χ0) is 5.86. The van der Waals surface area contributed by atoms with Crippen molar-refractivity contribution in [2.45, 2.75) is 13.8 Å². The molecule has 0 aliphatic rings. The van der Waals surface area contributed by atoms with E-state index >= 15 is 0 Å². The standard InChI is InChI=1S/C5H12N2/c1-4-7(3)5(2)6/h6H,4H2,1-3H3. The van der Waals surface area contributed by atoms with Gasteiger partial charge in [-0.1, -0.05) is 0 Å². The first-order chi connectivity index (χ1) is 3.18. The average Bonchev–Trinajstić information content (AvgIpc) is 1.65. The molecule has 0 saturated carbocycles. The van der Waals surface area contributed by atoms with Gasteiger partial charge in [0.05, 0.1) is 5.84 Å². The second kappa shape index (κ2) is 2.61. The van der Waals surface area contributed by atoms with Crippen molar-refractivity contribution < 1.29 is 0 Å². The summed E-state index contributed by atoms with van der Waals surface area (Å²) in [7, 11) is 1.91. The second-order valence-electron chi connectivity index (χ2n) is 1.60. The topological polar surface area (TPSA) is 27.1 Å². The molecule has 42 valence electrons. The predicted molar refractivity (Wildman–Crippen MR) is 31.7 cm³/mol. The molecule has 0 aliphatic carbocycles. The van der Waals surface area contributed by atoms with Gasteiger partial charge in [-0.2, -0.15) is 0 Å². The minimum atomic E-state index is 0.627. The Morgan fingerprint density at radius 3 is 2.14 bits per heavy atom. The van der Waals surface area contributed by atoms with Gasteiger partial charge >= 0.3 is 0 Å². The Hall–Kier alpha value is -0.530. The summed E-state index contributed by atoms with van der Waals surface area (Å²) in [5, 5.41) is 7.03. The third kappa shape index (κ3) is 2.20. The van der Waals surface area contributed by atoms with Crippen LogP contribution in [0.5, 0.6) is 0 Å². The van der Waals surface area contributed by atoms with Crippen molar-refractivity contribution >= 4 is 5.84 Å². The largest absolute Gasteiger partial charge is 0.364 e. The normalized spacial score (nSPS) is 8.43. The SMILES string of the molecule is CCN(C)C(C)=N. The molecule has 0 saturated heterocycles. The minimum absolute atomic E-state index is 0.627. The van der Waals surface area contributed by atoms with E-state index in [4.69, 9.17) is 5.41 Å². The molecule has 0 spiro atoms. The van der Waals surface area contributed by atoms with E-state index < -0.39 is 0 Å². The van der Waals surface area contributed by atoms with Crippen LogP contribution in [0.1, 0.15) is 13.8 Å². The predicted octanol–water partition coefficient (Wildman–Crippen LogP) is 0.935. The Morgan fingerprint density at radius 1 is 1.71 bits per heavy atom. The van der Waals surface area contributed by atoms with Crippen LogP contribution in [-0.4, -0.2) is 24.3 Å². The lowest BCUT2D eigenvalue weighted by molar-refractivity contribution is 0.528. The summed E-state index contributed by atoms with van der Waals surface area (Å²) in [6.07, 6.45) is 0. The molecular weight excluding hydrogens is 88.1 g/mol. The molecule has 0 heterocycles. The summed E-state index contributed by atoms with van der Waals surface area (Å²) in [5.74, 6) is 0.627. The van der Waals surface area contributed by atoms with Crippen LogP contribution in [-0.2, 0) is 0 Å². The molecule has 7 heavy (non-hydrogen) atoms. The van der Waals surface area contributed by atoms with E-state index in [2.05, 4.69) is 0 Å². The van der Waals surface area contributed by atoms with Crippen molar-refractivity contribution in [2.75, 3.05) is 13.6 Å². The van der Waals surface area contributed by atoms with E-state index in [1.165, 1.54) is 0 Å². The molecule has 0 rings (SSSR count). The fourth-order valence-corrected chi connectivity index (χ4v) is 0.237. The van der Waals surface area contributed by atoms with Crippen LogP contribution in [0.4, 0.5) is 0 Å². The molecular formula is C5H12N2. The zero-order valence-corrected chi connectivity index (χ0v) is 5.15. The van der Waals surface area contributed by atoms with Crippen LogP contribution in [0.15, 0.2) is 0 Å². The van der Waals surface area contributed by atoms with E-state index in [9.17, 15) is 0 Å². The van der Waals surface area contributed by atoms with Crippen molar-refractivity contribution in [1.82, 2.24) is 4.90 Å². The lowest BCUT2D eigenvalue weighted by atomic mass is 10.5. The van der Waals surface area contributed by atoms with Crippen molar-refractivity contribution in [3.63, 3.8) is 0 Å². The summed E-state index contributed by atoms with van der Waals surface area (Å²) in [4.78, 5) is 1.88. The van der Waals surface area contributed by atoms with Crippen molar-refractivity contribution in [3.05, 3.63) is 0 Å². The molecule has 0 aromatic rings. The number of nitrogens with one attached hydrogen (secondary N) is 1. The number of amidine groups is 1. The molecule has 2 heteroatoms. The lowest BCUT2D eigenvalue weighted by Gasteiger charge is -2.12. The van der Waals surface area contributed by atoms with Gasteiger partial charge < -0.3 is 4.90 Å². The first kappa shape index (κ1) is 6.47. The third-order valence-electron chi connectivity index (χ3n) is 1.05. The van der Waals surface area contributed by atoms with Gasteiger partial charge in [-0.05, 0) is 13.8 Å². The van der Waals surface area contributed by atoms with Crippen LogP contribution in [0.25, 0.3) is 0 Å². The minimum Gasteiger partial charge on any atom is -0.364 e. The van der Waals surface area contributed by atoms with Crippen LogP contribution in [0.2, 0.25) is 0 Å². The highest BCUT2D eigenvalue weighted by Gasteiger charge is 1.89. The highest BCUT2D eigenvalue weighted by atomic mass is 15.1. The van der Waals surface area contributed by atoms with E-state index in [0.717, 1.165) is 6.54 Å². The van der Waals surface area contributed by atoms with Gasteiger partial charge in [-0.3, -0.25) is 5.41 Å². The fraction of sp³-hybridized carbons (Fsp3) is 0.800. The number of nitrogens with zero attached hydrogens (tertiary/aromatic N) is 1. The van der Waals surface area contributed by atoms with E-state index in [1.807, 2.05) is 18.9 Å². The quantitative estimate of drug-likeness (QED) is 0.385. The van der Waals surface area contributed by atoms with Crippen molar-refractivity contribution in [2.24, 2.45) is 0 Å². The van der Waals surface area contributed by atoms with Gasteiger partial charge in [0.2, 0.25) is 0 Å². The van der Waals surface area contributed by atoms with Gasteiger partial charge in [-0.25, -0.2) is 0 Å². The van der Waals surface area contributed by atoms with Crippen LogP contribution >= 0.6 is 0 Å². The van der Waals surface area contributed by atoms with Crippen LogP contribution in [0.3, 0.4) is 0 Å². The average molecular weight is 100 g/mol. The Bertz CT molecular complexity index is 68.5. The Morgan fingerprint density at radius 2 is 2.14 bits per heavy atom. The van der Waals surface area contributed by atoms with Gasteiger partial charge in [0.15, 0.2) is 0 Å². The molecule has 1 N–H and O–H groups in total. The smallest absolute Gasteiger partial charge is 0.0923 e. The maximum Gasteiger partial charge on any atom is 0.0923 e. The third-order valence-corrected chi connectivity index (χ3v) is 1.05. The van der Waals surface area contributed by atoms with E-state index in [0.29, 0.717) is 5.84 Å². The van der Waals surface area contributed by atoms with Crippen molar-refractivity contribution in [3.8, 4) is 0 Å². The van der Waals surface area contributed by atoms with Crippen LogP contribution in [0, 0.1) is 5.41 Å². The van der Waals surface area contributed by atoms with Crippen molar-refractivity contribution in [1.29, 1.82) is 5.41 Å². The maximum absolute atomic E-state index is 7.03. The fourth-order valence-electron chi connectivity index (χ4n) is 0.237. The first-order valence-electron chi connectivity index (χ1n) is 2.44. The molecule has 0 unspecified atom stereocenters. The summed E-state index contributed by atoms with van der Waals surface area (Å²) in [6.45, 7) is 4.73. The second-order valence-corrected chi connectivity index (χ2v) is 1.60. The van der Waals surface area contributed by atoms with Gasteiger partial charge in [-0.15, -0.1) is 0 Å². The number of rotatable bonds is 1. The molecule has 0 atom stereocenters.